The van der Waals surface area contributed by atoms with Gasteiger partial charge >= 0.3 is 5.97 Å². The van der Waals surface area contributed by atoms with Crippen molar-refractivity contribution in [3.05, 3.63) is 40.3 Å². The van der Waals surface area contributed by atoms with Crippen molar-refractivity contribution < 1.29 is 19.1 Å². The molecule has 0 aliphatic carbocycles. The lowest BCUT2D eigenvalue weighted by Crippen LogP contribution is -2.41. The zero-order chi connectivity index (χ0) is 20.0. The van der Waals surface area contributed by atoms with Gasteiger partial charge in [0.15, 0.2) is 6.61 Å². The van der Waals surface area contributed by atoms with Gasteiger partial charge in [-0.2, -0.15) is 5.10 Å². The van der Waals surface area contributed by atoms with Gasteiger partial charge < -0.3 is 15.4 Å². The molecule has 0 radical (unpaired) electrons. The highest BCUT2D eigenvalue weighted by Gasteiger charge is 2.15. The Kier molecular flexibility index (Phi) is 6.64. The van der Waals surface area contributed by atoms with Crippen LogP contribution in [-0.2, 0) is 32.6 Å². The topological polar surface area (TPSA) is 119 Å². The lowest BCUT2D eigenvalue weighted by atomic mass is 10.1. The molecule has 0 aliphatic heterocycles. The number of carbonyl (C=O) groups is 3. The molecule has 27 heavy (non-hydrogen) atoms. The molecule has 2 rings (SSSR count). The highest BCUT2D eigenvalue weighted by atomic mass is 16.5. The molecule has 2 N–H and O–H groups in total. The van der Waals surface area contributed by atoms with Crippen LogP contribution in [0.5, 0.6) is 0 Å². The molecule has 144 valence electrons. The molecule has 0 fully saturated rings. The van der Waals surface area contributed by atoms with Gasteiger partial charge in [0.05, 0.1) is 24.0 Å². The van der Waals surface area contributed by atoms with Crippen molar-refractivity contribution >= 4 is 28.6 Å². The van der Waals surface area contributed by atoms with Gasteiger partial charge in [0.2, 0.25) is 5.91 Å². The summed E-state index contributed by atoms with van der Waals surface area (Å²) >= 11 is 0. The molecule has 0 atom stereocenters. The van der Waals surface area contributed by atoms with Crippen LogP contribution in [0.1, 0.15) is 19.5 Å². The maximum absolute atomic E-state index is 12.1. The van der Waals surface area contributed by atoms with Gasteiger partial charge in [-0.05, 0) is 19.9 Å². The number of fused-ring (bicyclic) bond motifs is 1. The molecule has 2 amide bonds. The summed E-state index contributed by atoms with van der Waals surface area (Å²) in [6.45, 7) is 2.91. The van der Waals surface area contributed by atoms with E-state index >= 15 is 0 Å². The predicted molar refractivity (Wildman–Crippen MR) is 97.9 cm³/mol. The highest BCUT2D eigenvalue weighted by Crippen LogP contribution is 2.13. The van der Waals surface area contributed by atoms with Crippen LogP contribution in [-0.4, -0.2) is 46.8 Å². The first-order valence-corrected chi connectivity index (χ1v) is 8.44. The van der Waals surface area contributed by atoms with Crippen LogP contribution >= 0.6 is 0 Å². The van der Waals surface area contributed by atoms with Crippen molar-refractivity contribution in [2.75, 3.05) is 13.2 Å². The maximum atomic E-state index is 12.1. The van der Waals surface area contributed by atoms with Crippen molar-refractivity contribution in [2.24, 2.45) is 7.05 Å². The van der Waals surface area contributed by atoms with E-state index in [1.165, 1.54) is 7.05 Å². The van der Waals surface area contributed by atoms with Crippen molar-refractivity contribution in [2.45, 2.75) is 26.3 Å². The molecular formula is C18H22N4O5. The van der Waals surface area contributed by atoms with Gasteiger partial charge in [0.1, 0.15) is 0 Å². The van der Waals surface area contributed by atoms with Crippen LogP contribution in [0.2, 0.25) is 0 Å². The first-order chi connectivity index (χ1) is 12.8. The molecule has 0 saturated carbocycles. The van der Waals surface area contributed by atoms with Crippen LogP contribution < -0.4 is 16.2 Å². The number of esters is 1. The summed E-state index contributed by atoms with van der Waals surface area (Å²) in [5, 5.41) is 10.1. The number of benzene rings is 1. The Bertz CT molecular complexity index is 920. The summed E-state index contributed by atoms with van der Waals surface area (Å²) < 4.78 is 6.09. The van der Waals surface area contributed by atoms with Crippen molar-refractivity contribution in [3.63, 3.8) is 0 Å². The summed E-state index contributed by atoms with van der Waals surface area (Å²) in [5.41, 5.74) is 0.121. The predicted octanol–water partition coefficient (Wildman–Crippen LogP) is -0.340. The Balaban J connectivity index is 1.92. The van der Waals surface area contributed by atoms with Crippen LogP contribution in [0.4, 0.5) is 0 Å². The lowest BCUT2D eigenvalue weighted by molar-refractivity contribution is -0.148. The number of hydrogen-bond donors (Lipinski definition) is 2. The number of aromatic nitrogens is 2. The lowest BCUT2D eigenvalue weighted by Gasteiger charge is -2.10. The van der Waals surface area contributed by atoms with E-state index in [1.54, 1.807) is 38.1 Å². The Labute approximate surface area is 155 Å². The Hall–Kier alpha value is -3.23. The second kappa shape index (κ2) is 8.93. The quantitative estimate of drug-likeness (QED) is 0.640. The van der Waals surface area contributed by atoms with E-state index in [2.05, 4.69) is 15.7 Å². The summed E-state index contributed by atoms with van der Waals surface area (Å²) in [7, 11) is 1.50. The summed E-state index contributed by atoms with van der Waals surface area (Å²) in [6, 6.07) is 6.80. The van der Waals surface area contributed by atoms with E-state index in [1.807, 2.05) is 0 Å². The highest BCUT2D eigenvalue weighted by molar-refractivity contribution is 5.88. The van der Waals surface area contributed by atoms with E-state index in [-0.39, 0.29) is 30.5 Å². The van der Waals surface area contributed by atoms with Crippen LogP contribution in [0, 0.1) is 0 Å². The molecule has 1 heterocycles. The zero-order valence-electron chi connectivity index (χ0n) is 15.4. The molecular weight excluding hydrogens is 352 g/mol. The average Bonchev–Trinajstić information content (AvgIpc) is 2.62. The minimum absolute atomic E-state index is 0.0311. The Morgan fingerprint density at radius 2 is 1.81 bits per heavy atom. The fourth-order valence-corrected chi connectivity index (χ4v) is 2.44. The fraction of sp³-hybridized carbons (Fsp3) is 0.389. The second-order valence-electron chi connectivity index (χ2n) is 6.26. The first-order valence-electron chi connectivity index (χ1n) is 8.44. The third-order valence-electron chi connectivity index (χ3n) is 3.60. The molecule has 0 unspecified atom stereocenters. The molecule has 0 aliphatic rings. The Morgan fingerprint density at radius 3 is 2.48 bits per heavy atom. The van der Waals surface area contributed by atoms with Crippen LogP contribution in [0.15, 0.2) is 29.1 Å². The number of carbonyl (C=O) groups excluding carboxylic acids is 3. The van der Waals surface area contributed by atoms with Crippen LogP contribution in [0.3, 0.4) is 0 Å². The second-order valence-corrected chi connectivity index (χ2v) is 6.26. The third kappa shape index (κ3) is 5.63. The maximum Gasteiger partial charge on any atom is 0.312 e. The molecule has 1 aromatic carbocycles. The van der Waals surface area contributed by atoms with E-state index in [0.717, 1.165) is 4.68 Å². The standard InChI is InChI=1S/C18H22N4O5/c1-11(2)20-15(23)9-19-16(24)10-27-17(25)8-14-12-6-4-5-7-13(12)18(26)22(3)21-14/h4-7,11H,8-10H2,1-3H3,(H,19,24)(H,20,23). The largest absolute Gasteiger partial charge is 0.455 e. The molecule has 0 spiro atoms. The number of nitrogens with one attached hydrogen (secondary N) is 2. The zero-order valence-corrected chi connectivity index (χ0v) is 15.4. The summed E-state index contributed by atoms with van der Waals surface area (Å²) in [6.07, 6.45) is -0.185. The smallest absolute Gasteiger partial charge is 0.312 e. The first kappa shape index (κ1) is 20.1. The van der Waals surface area contributed by atoms with Gasteiger partial charge in [-0.3, -0.25) is 19.2 Å². The normalized spacial score (nSPS) is 10.7. The van der Waals surface area contributed by atoms with E-state index in [4.69, 9.17) is 4.74 Å². The molecule has 0 saturated heterocycles. The van der Waals surface area contributed by atoms with Gasteiger partial charge in [0, 0.05) is 18.5 Å². The summed E-state index contributed by atoms with van der Waals surface area (Å²) in [4.78, 5) is 47.2. The number of nitrogens with zero attached hydrogens (tertiary/aromatic N) is 2. The fourth-order valence-electron chi connectivity index (χ4n) is 2.44. The number of hydrogen-bond acceptors (Lipinski definition) is 6. The van der Waals surface area contributed by atoms with Crippen molar-refractivity contribution in [1.82, 2.24) is 20.4 Å². The monoisotopic (exact) mass is 374 g/mol. The molecule has 9 heteroatoms. The van der Waals surface area contributed by atoms with Gasteiger partial charge in [-0.15, -0.1) is 0 Å². The molecule has 9 nitrogen and oxygen atoms in total. The van der Waals surface area contributed by atoms with E-state index in [0.29, 0.717) is 16.5 Å². The molecule has 1 aromatic heterocycles. The van der Waals surface area contributed by atoms with E-state index in [9.17, 15) is 19.2 Å². The van der Waals surface area contributed by atoms with Gasteiger partial charge in [-0.1, -0.05) is 18.2 Å². The van der Waals surface area contributed by atoms with Crippen molar-refractivity contribution in [1.29, 1.82) is 0 Å². The molecule has 0 bridgehead atoms. The van der Waals surface area contributed by atoms with Gasteiger partial charge in [0.25, 0.3) is 11.5 Å². The minimum atomic E-state index is -0.659. The average molecular weight is 374 g/mol. The minimum Gasteiger partial charge on any atom is -0.455 e. The summed E-state index contributed by atoms with van der Waals surface area (Å²) in [5.74, 6) is -1.57. The third-order valence-corrected chi connectivity index (χ3v) is 3.60. The number of aryl methyl sites for hydroxylation is 1. The molecule has 2 aromatic rings. The van der Waals surface area contributed by atoms with Crippen LogP contribution in [0.25, 0.3) is 10.8 Å². The number of ether oxygens (including phenoxy) is 1. The van der Waals surface area contributed by atoms with Gasteiger partial charge in [-0.25, -0.2) is 4.68 Å². The SMILES string of the molecule is CC(C)NC(=O)CNC(=O)COC(=O)Cc1nn(C)c(=O)c2ccccc12. The Morgan fingerprint density at radius 1 is 1.15 bits per heavy atom. The van der Waals surface area contributed by atoms with E-state index < -0.39 is 18.5 Å². The number of amides is 2. The number of rotatable bonds is 7. The van der Waals surface area contributed by atoms with Crippen molar-refractivity contribution in [3.8, 4) is 0 Å².